The summed E-state index contributed by atoms with van der Waals surface area (Å²) in [5.41, 5.74) is 0.910. The summed E-state index contributed by atoms with van der Waals surface area (Å²) in [7, 11) is 0. The number of aliphatic hydroxyl groups is 1. The highest BCUT2D eigenvalue weighted by molar-refractivity contribution is 5.32. The van der Waals surface area contributed by atoms with Crippen molar-refractivity contribution in [2.75, 3.05) is 13.2 Å². The van der Waals surface area contributed by atoms with Gasteiger partial charge in [0, 0.05) is 5.56 Å². The Kier molecular flexibility index (Phi) is 4.22. The maximum atomic E-state index is 13.2. The van der Waals surface area contributed by atoms with Crippen molar-refractivity contribution >= 4 is 0 Å². The van der Waals surface area contributed by atoms with Crippen LogP contribution < -0.4 is 0 Å². The molecule has 1 aromatic carbocycles. The second-order valence-electron chi connectivity index (χ2n) is 3.06. The monoisotopic (exact) mass is 209 g/mol. The second kappa shape index (κ2) is 5.44. The van der Waals surface area contributed by atoms with Gasteiger partial charge in [-0.3, -0.25) is 0 Å². The van der Waals surface area contributed by atoms with Gasteiger partial charge < -0.3 is 9.84 Å². The molecule has 0 amide bonds. The summed E-state index contributed by atoms with van der Waals surface area (Å²) < 4.78 is 18.3. The normalized spacial score (nSPS) is 12.1. The second-order valence-corrected chi connectivity index (χ2v) is 3.06. The number of ether oxygens (including phenoxy) is 1. The van der Waals surface area contributed by atoms with E-state index in [1.54, 1.807) is 13.0 Å². The summed E-state index contributed by atoms with van der Waals surface area (Å²) in [5.74, 6) is -0.361. The molecule has 0 saturated heterocycles. The highest BCUT2D eigenvalue weighted by atomic mass is 19.1. The Labute approximate surface area is 87.7 Å². The van der Waals surface area contributed by atoms with Crippen molar-refractivity contribution in [2.24, 2.45) is 0 Å². The minimum Gasteiger partial charge on any atom is -0.394 e. The lowest BCUT2D eigenvalue weighted by Gasteiger charge is -2.12. The first-order chi connectivity index (χ1) is 7.20. The molecule has 1 unspecified atom stereocenters. The zero-order valence-corrected chi connectivity index (χ0v) is 8.40. The summed E-state index contributed by atoms with van der Waals surface area (Å²) in [4.78, 5) is 0. The van der Waals surface area contributed by atoms with Crippen LogP contribution >= 0.6 is 0 Å². The molecule has 0 heterocycles. The summed E-state index contributed by atoms with van der Waals surface area (Å²) in [6.45, 7) is 1.50. The molecule has 0 aromatic heterocycles. The van der Waals surface area contributed by atoms with E-state index in [-0.39, 0.29) is 19.0 Å². The van der Waals surface area contributed by atoms with Crippen molar-refractivity contribution in [3.8, 4) is 6.07 Å². The molecule has 1 N–H and O–H groups in total. The van der Waals surface area contributed by atoms with Crippen molar-refractivity contribution < 1.29 is 14.2 Å². The van der Waals surface area contributed by atoms with Crippen LogP contribution in [0.15, 0.2) is 18.2 Å². The quantitative estimate of drug-likeness (QED) is 0.821. The molecule has 1 aromatic rings. The van der Waals surface area contributed by atoms with Crippen LogP contribution in [0.4, 0.5) is 4.39 Å². The largest absolute Gasteiger partial charge is 0.394 e. The van der Waals surface area contributed by atoms with Gasteiger partial charge in [0.05, 0.1) is 19.3 Å². The average Bonchev–Trinajstić information content (AvgIpc) is 2.25. The summed E-state index contributed by atoms with van der Waals surface area (Å²) in [6.07, 6.45) is -0.826. The van der Waals surface area contributed by atoms with Crippen LogP contribution in [0.25, 0.3) is 0 Å². The smallest absolute Gasteiger partial charge is 0.169 e. The van der Waals surface area contributed by atoms with Crippen LogP contribution in [0.3, 0.4) is 0 Å². The summed E-state index contributed by atoms with van der Waals surface area (Å²) in [6, 6.07) is 6.43. The van der Waals surface area contributed by atoms with Crippen LogP contribution in [0.2, 0.25) is 0 Å². The van der Waals surface area contributed by atoms with Crippen molar-refractivity contribution in [2.45, 2.75) is 13.0 Å². The Hall–Kier alpha value is -1.44. The highest BCUT2D eigenvalue weighted by Crippen LogP contribution is 2.22. The van der Waals surface area contributed by atoms with Crippen molar-refractivity contribution in [1.82, 2.24) is 0 Å². The molecular weight excluding hydrogens is 197 g/mol. The Morgan fingerprint density at radius 1 is 1.60 bits per heavy atom. The fourth-order valence-corrected chi connectivity index (χ4v) is 1.28. The zero-order valence-electron chi connectivity index (χ0n) is 8.40. The van der Waals surface area contributed by atoms with Crippen LogP contribution in [0, 0.1) is 24.1 Å². The lowest BCUT2D eigenvalue weighted by Crippen LogP contribution is -2.08. The zero-order chi connectivity index (χ0) is 11.3. The lowest BCUT2D eigenvalue weighted by molar-refractivity contribution is 0.0576. The van der Waals surface area contributed by atoms with E-state index in [4.69, 9.17) is 15.1 Å². The first-order valence-corrected chi connectivity index (χ1v) is 4.57. The molecule has 0 aliphatic heterocycles. The van der Waals surface area contributed by atoms with Crippen LogP contribution in [-0.2, 0) is 4.74 Å². The van der Waals surface area contributed by atoms with E-state index >= 15 is 0 Å². The minimum absolute atomic E-state index is 0.0637. The predicted molar refractivity (Wildman–Crippen MR) is 52.5 cm³/mol. The molecule has 0 fully saturated rings. The molecule has 1 rings (SSSR count). The molecule has 0 saturated carbocycles. The van der Waals surface area contributed by atoms with E-state index in [9.17, 15) is 4.39 Å². The molecule has 15 heavy (non-hydrogen) atoms. The van der Waals surface area contributed by atoms with Gasteiger partial charge in [0.25, 0.3) is 0 Å². The number of hydrogen-bond donors (Lipinski definition) is 1. The van der Waals surface area contributed by atoms with Gasteiger partial charge in [0.2, 0.25) is 0 Å². The third kappa shape index (κ3) is 2.75. The fraction of sp³-hybridized carbons (Fsp3) is 0.364. The Morgan fingerprint density at radius 2 is 2.33 bits per heavy atom. The van der Waals surface area contributed by atoms with E-state index < -0.39 is 6.10 Å². The van der Waals surface area contributed by atoms with Gasteiger partial charge in [-0.1, -0.05) is 12.1 Å². The van der Waals surface area contributed by atoms with Crippen molar-refractivity contribution in [3.05, 3.63) is 35.1 Å². The standard InChI is InChI=1S/C11H12FNO2/c1-8-9(3-2-4-10(8)12)11(7-13)15-6-5-14/h2-4,11,14H,5-6H2,1H3. The summed E-state index contributed by atoms with van der Waals surface area (Å²) in [5, 5.41) is 17.4. The molecule has 1 atom stereocenters. The summed E-state index contributed by atoms with van der Waals surface area (Å²) >= 11 is 0. The van der Waals surface area contributed by atoms with Crippen LogP contribution in [-0.4, -0.2) is 18.3 Å². The number of rotatable bonds is 4. The number of halogens is 1. The number of benzene rings is 1. The van der Waals surface area contributed by atoms with Gasteiger partial charge >= 0.3 is 0 Å². The molecule has 4 heteroatoms. The maximum Gasteiger partial charge on any atom is 0.169 e. The first-order valence-electron chi connectivity index (χ1n) is 4.57. The molecule has 0 spiro atoms. The molecule has 0 aliphatic carbocycles. The number of nitrogens with zero attached hydrogens (tertiary/aromatic N) is 1. The topological polar surface area (TPSA) is 53.2 Å². The number of nitriles is 1. The van der Waals surface area contributed by atoms with Gasteiger partial charge in [-0.15, -0.1) is 0 Å². The van der Waals surface area contributed by atoms with E-state index in [0.29, 0.717) is 11.1 Å². The van der Waals surface area contributed by atoms with Gasteiger partial charge in [-0.2, -0.15) is 5.26 Å². The molecule has 0 bridgehead atoms. The number of hydrogen-bond acceptors (Lipinski definition) is 3. The molecule has 80 valence electrons. The maximum absolute atomic E-state index is 13.2. The fourth-order valence-electron chi connectivity index (χ4n) is 1.28. The minimum atomic E-state index is -0.826. The SMILES string of the molecule is Cc1c(F)cccc1C(C#N)OCCO. The number of aliphatic hydroxyl groups excluding tert-OH is 1. The van der Waals surface area contributed by atoms with E-state index in [1.807, 2.05) is 6.07 Å². The van der Waals surface area contributed by atoms with E-state index in [2.05, 4.69) is 0 Å². The third-order valence-corrected chi connectivity index (χ3v) is 2.09. The van der Waals surface area contributed by atoms with Crippen LogP contribution in [0.5, 0.6) is 0 Å². The van der Waals surface area contributed by atoms with Gasteiger partial charge in [0.15, 0.2) is 6.10 Å². The Bertz CT molecular complexity index is 373. The van der Waals surface area contributed by atoms with Crippen LogP contribution in [0.1, 0.15) is 17.2 Å². The average molecular weight is 209 g/mol. The van der Waals surface area contributed by atoms with Gasteiger partial charge in [-0.05, 0) is 18.6 Å². The first kappa shape index (κ1) is 11.6. The molecular formula is C11H12FNO2. The Balaban J connectivity index is 2.93. The van der Waals surface area contributed by atoms with Crippen molar-refractivity contribution in [3.63, 3.8) is 0 Å². The Morgan fingerprint density at radius 3 is 2.93 bits per heavy atom. The third-order valence-electron chi connectivity index (χ3n) is 2.09. The highest BCUT2D eigenvalue weighted by Gasteiger charge is 2.14. The predicted octanol–water partition coefficient (Wildman–Crippen LogP) is 1.71. The van der Waals surface area contributed by atoms with Crippen molar-refractivity contribution in [1.29, 1.82) is 5.26 Å². The lowest BCUT2D eigenvalue weighted by atomic mass is 10.0. The molecule has 3 nitrogen and oxygen atoms in total. The van der Waals surface area contributed by atoms with E-state index in [1.165, 1.54) is 12.1 Å². The molecule has 0 radical (unpaired) electrons. The van der Waals surface area contributed by atoms with Gasteiger partial charge in [-0.25, -0.2) is 4.39 Å². The molecule has 0 aliphatic rings. The van der Waals surface area contributed by atoms with E-state index in [0.717, 1.165) is 0 Å². The van der Waals surface area contributed by atoms with Gasteiger partial charge in [0.1, 0.15) is 5.82 Å².